The molecule has 23 nitrogen and oxygen atoms in total. The summed E-state index contributed by atoms with van der Waals surface area (Å²) in [7, 11) is 2.66. The van der Waals surface area contributed by atoms with Gasteiger partial charge in [0.05, 0.1) is 78.1 Å². The Morgan fingerprint density at radius 2 is 1.03 bits per heavy atom. The molecule has 2 aliphatic heterocycles. The SMILES string of the molecule is COc1cccc2c1C(=O)c1c(O)c3c(c(O)c1C2=O)CC(O)(C(=O)CO)CC3OC1CC(N)CC(C)O1.COc1cccc2c1C(=O)c1c(O)c3c(c(O)c1C2=O)C[C@@](O)(C(=O)CO)C[C@@H]3O[C@H]1C[C@H](N)[C@@H](O)[C@H](C)O1. The van der Waals surface area contributed by atoms with Crippen molar-refractivity contribution in [3.8, 4) is 34.5 Å². The van der Waals surface area contributed by atoms with Crippen LogP contribution in [0, 0.1) is 0 Å². The molecule has 0 spiro atoms. The molecule has 5 unspecified atom stereocenters. The van der Waals surface area contributed by atoms with Crippen LogP contribution in [-0.4, -0.2) is 162 Å². The number of carbonyl (C=O) groups excluding carboxylic acids is 6. The highest BCUT2D eigenvalue weighted by Crippen LogP contribution is 2.55. The van der Waals surface area contributed by atoms with E-state index in [4.69, 9.17) is 39.9 Å². The number of rotatable bonds is 10. The van der Waals surface area contributed by atoms with E-state index in [0.717, 1.165) is 0 Å². The number of carbonyl (C=O) groups is 6. The molecule has 0 aromatic heterocycles. The third-order valence-corrected chi connectivity index (χ3v) is 15.4. The summed E-state index contributed by atoms with van der Waals surface area (Å²) in [6.45, 7) is 1.39. The summed E-state index contributed by atoms with van der Waals surface area (Å²) in [4.78, 5) is 79.5. The molecule has 410 valence electrons. The number of ether oxygens (including phenoxy) is 6. The van der Waals surface area contributed by atoms with Gasteiger partial charge in [-0.3, -0.25) is 28.8 Å². The molecule has 0 bridgehead atoms. The van der Waals surface area contributed by atoms with Crippen molar-refractivity contribution in [2.75, 3.05) is 27.4 Å². The van der Waals surface area contributed by atoms with Gasteiger partial charge in [-0.2, -0.15) is 0 Å². The number of nitrogens with two attached hydrogens (primary N) is 2. The zero-order chi connectivity index (χ0) is 55.9. The van der Waals surface area contributed by atoms with Gasteiger partial charge in [0.15, 0.2) is 35.7 Å². The Kier molecular flexibility index (Phi) is 14.7. The highest BCUT2D eigenvalue weighted by atomic mass is 16.7. The summed E-state index contributed by atoms with van der Waals surface area (Å²) >= 11 is 0. The van der Waals surface area contributed by atoms with Crippen LogP contribution in [0.2, 0.25) is 0 Å². The Hall–Kier alpha value is -6.74. The van der Waals surface area contributed by atoms with Crippen molar-refractivity contribution in [1.29, 1.82) is 0 Å². The molecule has 13 N–H and O–H groups in total. The molecule has 0 amide bonds. The topological polar surface area (TPSA) is 392 Å². The number of benzene rings is 4. The van der Waals surface area contributed by atoms with Crippen LogP contribution in [-0.2, 0) is 41.4 Å². The van der Waals surface area contributed by atoms with Crippen LogP contribution in [0.1, 0.15) is 144 Å². The van der Waals surface area contributed by atoms with Crippen molar-refractivity contribution >= 4 is 34.7 Å². The van der Waals surface area contributed by atoms with Gasteiger partial charge in [0.2, 0.25) is 11.6 Å². The van der Waals surface area contributed by atoms with E-state index in [1.165, 1.54) is 50.6 Å². The van der Waals surface area contributed by atoms with E-state index < -0.39 is 173 Å². The first-order valence-corrected chi connectivity index (χ1v) is 24.7. The first-order valence-electron chi connectivity index (χ1n) is 24.7. The van der Waals surface area contributed by atoms with E-state index in [1.807, 2.05) is 6.92 Å². The fraction of sp³-hybridized carbons (Fsp3) is 0.444. The van der Waals surface area contributed by atoms with Gasteiger partial charge in [0.25, 0.3) is 0 Å². The first-order chi connectivity index (χ1) is 36.4. The number of aliphatic hydroxyl groups excluding tert-OH is 3. The number of aliphatic hydroxyl groups is 5. The Morgan fingerprint density at radius 1 is 0.610 bits per heavy atom. The Morgan fingerprint density at radius 3 is 1.42 bits per heavy atom. The lowest BCUT2D eigenvalue weighted by atomic mass is 9.72. The lowest BCUT2D eigenvalue weighted by Crippen LogP contribution is -2.53. The van der Waals surface area contributed by atoms with Crippen molar-refractivity contribution in [2.45, 2.75) is 125 Å². The summed E-state index contributed by atoms with van der Waals surface area (Å²) in [6.07, 6.45) is -7.57. The molecule has 10 rings (SSSR count). The molecule has 6 aliphatic rings. The molecule has 2 saturated heterocycles. The van der Waals surface area contributed by atoms with Gasteiger partial charge in [-0.05, 0) is 32.4 Å². The summed E-state index contributed by atoms with van der Waals surface area (Å²) in [5, 5.41) is 97.2. The Labute approximate surface area is 438 Å². The number of fused-ring (bicyclic) bond motifs is 6. The molecule has 4 aliphatic carbocycles. The second kappa shape index (κ2) is 20.6. The molecule has 23 heteroatoms. The monoisotopic (exact) mass is 1070 g/mol. The maximum atomic E-state index is 13.6. The van der Waals surface area contributed by atoms with Gasteiger partial charge in [0, 0.05) is 84.0 Å². The molecule has 2 fully saturated rings. The van der Waals surface area contributed by atoms with Gasteiger partial charge in [-0.25, -0.2) is 0 Å². The fourth-order valence-corrected chi connectivity index (χ4v) is 11.6. The standard InChI is InChI=1S/C27H29NO11.C27H29NO10/c1-10-22(31)13(28)6-17(38-10)39-15-8-27(36,16(30)9-29)7-12-19(15)26(35)21-20(24(12)33)23(32)11-4-3-5-14(37-2)18(11)25(21)34;1-11-6-12(28)7-18(37-11)38-16-9-27(35,17(30)10-29)8-14-20(16)26(34)22-21(24(14)32)23(31)13-4-3-5-15(36-2)19(13)25(22)33/h3-5,10,13,15,17,22,29,31,33,35-36H,6-9,28H2,1-2H3;3-5,11-12,16,18,29,32,34-35H,6-10,28H2,1-2H3/t10-,13-,15-,17-,22-,27-;/m0./s1. The highest BCUT2D eigenvalue weighted by Gasteiger charge is 2.52. The van der Waals surface area contributed by atoms with Gasteiger partial charge >= 0.3 is 0 Å². The third kappa shape index (κ3) is 9.13. The molecule has 4 aromatic rings. The summed E-state index contributed by atoms with van der Waals surface area (Å²) in [6, 6.07) is 7.80. The van der Waals surface area contributed by atoms with Gasteiger partial charge in [0.1, 0.15) is 58.9 Å². The molecule has 0 saturated carbocycles. The second-order valence-corrected chi connectivity index (χ2v) is 20.3. The summed E-state index contributed by atoms with van der Waals surface area (Å²) in [5.74, 6) is -7.33. The quantitative estimate of drug-likeness (QED) is 0.0853. The molecule has 11 atom stereocenters. The van der Waals surface area contributed by atoms with Crippen LogP contribution >= 0.6 is 0 Å². The minimum absolute atomic E-state index is 0.0173. The lowest BCUT2D eigenvalue weighted by Gasteiger charge is -2.42. The minimum Gasteiger partial charge on any atom is -0.507 e. The molecular weight excluding hydrogens is 1010 g/mol. The average Bonchev–Trinajstić information content (AvgIpc) is 3.47. The van der Waals surface area contributed by atoms with E-state index in [-0.39, 0.29) is 81.0 Å². The van der Waals surface area contributed by atoms with E-state index >= 15 is 0 Å². The molecule has 4 aromatic carbocycles. The van der Waals surface area contributed by atoms with Crippen molar-refractivity contribution in [3.05, 3.63) is 103 Å². The maximum absolute atomic E-state index is 13.6. The van der Waals surface area contributed by atoms with Crippen molar-refractivity contribution in [1.82, 2.24) is 0 Å². The Balaban J connectivity index is 0.000000188. The van der Waals surface area contributed by atoms with E-state index in [0.29, 0.717) is 6.42 Å². The number of ketones is 6. The smallest absolute Gasteiger partial charge is 0.202 e. The van der Waals surface area contributed by atoms with Crippen molar-refractivity contribution in [2.24, 2.45) is 11.5 Å². The highest BCUT2D eigenvalue weighted by molar-refractivity contribution is 6.32. The number of phenols is 4. The van der Waals surface area contributed by atoms with Crippen LogP contribution in [0.3, 0.4) is 0 Å². The normalized spacial score (nSPS) is 29.1. The number of hydrogen-bond acceptors (Lipinski definition) is 23. The van der Waals surface area contributed by atoms with E-state index in [2.05, 4.69) is 0 Å². The molecule has 77 heavy (non-hydrogen) atoms. The largest absolute Gasteiger partial charge is 0.507 e. The summed E-state index contributed by atoms with van der Waals surface area (Å²) in [5.41, 5.74) is 5.15. The van der Waals surface area contributed by atoms with Gasteiger partial charge in [-0.1, -0.05) is 24.3 Å². The van der Waals surface area contributed by atoms with Crippen LogP contribution in [0.4, 0.5) is 0 Å². The first kappa shape index (κ1) is 55.0. The molecule has 2 heterocycles. The predicted octanol–water partition coefficient (Wildman–Crippen LogP) is 1.03. The Bertz CT molecular complexity index is 3130. The van der Waals surface area contributed by atoms with Crippen molar-refractivity contribution in [3.63, 3.8) is 0 Å². The number of phenolic OH excluding ortho intramolecular Hbond substituents is 4. The summed E-state index contributed by atoms with van der Waals surface area (Å²) < 4.78 is 34.2. The lowest BCUT2D eigenvalue weighted by molar-refractivity contribution is -0.247. The zero-order valence-corrected chi connectivity index (χ0v) is 42.1. The van der Waals surface area contributed by atoms with E-state index in [9.17, 15) is 74.7 Å². The fourth-order valence-electron chi connectivity index (χ4n) is 11.6. The van der Waals surface area contributed by atoms with Crippen LogP contribution in [0.25, 0.3) is 0 Å². The van der Waals surface area contributed by atoms with Gasteiger partial charge < -0.3 is 85.8 Å². The third-order valence-electron chi connectivity index (χ3n) is 15.4. The molecule has 0 radical (unpaired) electrons. The van der Waals surface area contributed by atoms with Crippen molar-refractivity contribution < 1.29 is 103 Å². The average molecular weight is 1070 g/mol. The number of Topliss-reactive ketones (excluding diaryl/α,β-unsaturated/α-hetero) is 2. The number of aromatic hydroxyl groups is 4. The minimum atomic E-state index is -2.24. The van der Waals surface area contributed by atoms with Crippen LogP contribution < -0.4 is 20.9 Å². The second-order valence-electron chi connectivity index (χ2n) is 20.3. The maximum Gasteiger partial charge on any atom is 0.202 e. The number of hydrogen-bond donors (Lipinski definition) is 11. The van der Waals surface area contributed by atoms with Crippen LogP contribution in [0.5, 0.6) is 34.5 Å². The van der Waals surface area contributed by atoms with E-state index in [1.54, 1.807) is 6.92 Å². The van der Waals surface area contributed by atoms with Crippen LogP contribution in [0.15, 0.2) is 36.4 Å². The molecular formula is C54H58N2O21. The predicted molar refractivity (Wildman–Crippen MR) is 262 cm³/mol. The zero-order valence-electron chi connectivity index (χ0n) is 42.1. The van der Waals surface area contributed by atoms with Gasteiger partial charge in [-0.15, -0.1) is 0 Å². The number of methoxy groups -OCH3 is 2.